The third-order valence-corrected chi connectivity index (χ3v) is 6.36. The van der Waals surface area contributed by atoms with Crippen LogP contribution in [0.15, 0.2) is 50.2 Å². The molecule has 1 N–H and O–H groups in total. The molecule has 0 aliphatic rings. The van der Waals surface area contributed by atoms with Crippen LogP contribution >= 0.6 is 11.6 Å². The van der Waals surface area contributed by atoms with Gasteiger partial charge in [-0.3, -0.25) is 4.79 Å². The largest absolute Gasteiger partial charge is 0.548 e. The second kappa shape index (κ2) is 9.35. The summed E-state index contributed by atoms with van der Waals surface area (Å²) in [4.78, 5) is 36.8. The molecule has 1 atom stereocenters. The van der Waals surface area contributed by atoms with Gasteiger partial charge >= 0.3 is 5.63 Å². The highest BCUT2D eigenvalue weighted by molar-refractivity contribution is 6.30. The fourth-order valence-electron chi connectivity index (χ4n) is 4.16. The zero-order chi connectivity index (χ0) is 24.6. The van der Waals surface area contributed by atoms with Crippen molar-refractivity contribution in [3.05, 3.63) is 79.9 Å². The molecular weight excluding hydrogens is 458 g/mol. The Morgan fingerprint density at radius 3 is 2.44 bits per heavy atom. The van der Waals surface area contributed by atoms with E-state index in [-0.39, 0.29) is 19.3 Å². The number of fused-ring (bicyclic) bond motifs is 2. The van der Waals surface area contributed by atoms with Crippen LogP contribution in [0.5, 0.6) is 0 Å². The Hall–Kier alpha value is -3.58. The first kappa shape index (κ1) is 23.6. The molecule has 2 heterocycles. The molecule has 0 fully saturated rings. The Kier molecular flexibility index (Phi) is 6.48. The summed E-state index contributed by atoms with van der Waals surface area (Å²) in [7, 11) is 0. The number of hydrogen-bond donors (Lipinski definition) is 1. The van der Waals surface area contributed by atoms with Crippen molar-refractivity contribution >= 4 is 45.4 Å². The number of carbonyl (C=O) groups is 2. The van der Waals surface area contributed by atoms with Crippen LogP contribution in [0.2, 0.25) is 5.02 Å². The van der Waals surface area contributed by atoms with Crippen LogP contribution in [0.3, 0.4) is 0 Å². The Morgan fingerprint density at radius 2 is 1.76 bits per heavy atom. The van der Waals surface area contributed by atoms with Crippen LogP contribution in [0.4, 0.5) is 0 Å². The maximum Gasteiger partial charge on any atom is 0.339 e. The molecule has 34 heavy (non-hydrogen) atoms. The first-order chi connectivity index (χ1) is 16.2. The van der Waals surface area contributed by atoms with Gasteiger partial charge in [0, 0.05) is 33.3 Å². The number of halogens is 1. The van der Waals surface area contributed by atoms with E-state index in [1.54, 1.807) is 30.5 Å². The maximum atomic E-state index is 12.7. The Balaban J connectivity index is 1.54. The number of benzene rings is 2. The second-order valence-electron chi connectivity index (χ2n) is 8.44. The average molecular weight is 481 g/mol. The van der Waals surface area contributed by atoms with E-state index in [4.69, 9.17) is 20.4 Å². The van der Waals surface area contributed by atoms with Gasteiger partial charge in [0.2, 0.25) is 5.91 Å². The van der Waals surface area contributed by atoms with Crippen LogP contribution in [0.1, 0.15) is 34.2 Å². The normalized spacial score (nSPS) is 12.2. The highest BCUT2D eigenvalue weighted by atomic mass is 35.5. The molecule has 176 valence electrons. The Labute approximate surface area is 200 Å². The van der Waals surface area contributed by atoms with E-state index >= 15 is 0 Å². The fourth-order valence-corrected chi connectivity index (χ4v) is 4.29. The molecule has 0 spiro atoms. The number of rotatable bonds is 7. The SMILES string of the molecule is Cc1coc2c(C)c3oc(=O)c(CCC(=O)N[C@H](Cc4ccc(Cl)cc4)C(=O)[O-])c(C)c3cc12. The van der Waals surface area contributed by atoms with Crippen molar-refractivity contribution in [3.63, 3.8) is 0 Å². The smallest absolute Gasteiger partial charge is 0.339 e. The number of aryl methyl sites for hydroxylation is 3. The van der Waals surface area contributed by atoms with Crippen molar-refractivity contribution in [2.24, 2.45) is 0 Å². The summed E-state index contributed by atoms with van der Waals surface area (Å²) in [6.45, 7) is 5.59. The number of amides is 1. The zero-order valence-corrected chi connectivity index (χ0v) is 19.7. The number of carbonyl (C=O) groups excluding carboxylic acids is 2. The highest BCUT2D eigenvalue weighted by Gasteiger charge is 2.19. The minimum Gasteiger partial charge on any atom is -0.548 e. The van der Waals surface area contributed by atoms with Crippen molar-refractivity contribution < 1.29 is 23.5 Å². The number of furan rings is 1. The van der Waals surface area contributed by atoms with Crippen molar-refractivity contribution in [1.82, 2.24) is 5.32 Å². The molecule has 0 radical (unpaired) electrons. The fraction of sp³-hybridized carbons (Fsp3) is 0.269. The molecule has 0 bridgehead atoms. The lowest BCUT2D eigenvalue weighted by atomic mass is 9.98. The predicted octanol–water partition coefficient (Wildman–Crippen LogP) is 3.53. The monoisotopic (exact) mass is 480 g/mol. The minimum atomic E-state index is -1.39. The Bertz CT molecular complexity index is 1470. The molecule has 4 rings (SSSR count). The number of carboxylic acid groups (broad SMARTS) is 1. The van der Waals surface area contributed by atoms with Gasteiger partial charge in [0.1, 0.15) is 11.2 Å². The van der Waals surface area contributed by atoms with Gasteiger partial charge in [-0.15, -0.1) is 0 Å². The topological polar surface area (TPSA) is 113 Å². The number of nitrogens with one attached hydrogen (secondary N) is 1. The third-order valence-electron chi connectivity index (χ3n) is 6.11. The Morgan fingerprint density at radius 1 is 1.06 bits per heavy atom. The van der Waals surface area contributed by atoms with Gasteiger partial charge in [-0.1, -0.05) is 23.7 Å². The average Bonchev–Trinajstić information content (AvgIpc) is 3.16. The van der Waals surface area contributed by atoms with E-state index in [1.807, 2.05) is 26.8 Å². The van der Waals surface area contributed by atoms with E-state index in [2.05, 4.69) is 5.32 Å². The lowest BCUT2D eigenvalue weighted by Gasteiger charge is -2.20. The summed E-state index contributed by atoms with van der Waals surface area (Å²) in [5.41, 5.74) is 4.12. The van der Waals surface area contributed by atoms with Crippen LogP contribution in [0.25, 0.3) is 21.9 Å². The summed E-state index contributed by atoms with van der Waals surface area (Å²) in [5, 5.41) is 16.3. The second-order valence-corrected chi connectivity index (χ2v) is 8.87. The van der Waals surface area contributed by atoms with Crippen molar-refractivity contribution in [2.75, 3.05) is 0 Å². The summed E-state index contributed by atoms with van der Waals surface area (Å²) in [6, 6.07) is 7.39. The molecule has 2 aromatic carbocycles. The van der Waals surface area contributed by atoms with Crippen molar-refractivity contribution in [2.45, 2.75) is 46.1 Å². The lowest BCUT2D eigenvalue weighted by Crippen LogP contribution is -2.49. The van der Waals surface area contributed by atoms with Gasteiger partial charge < -0.3 is 24.1 Å². The van der Waals surface area contributed by atoms with Crippen LogP contribution in [-0.4, -0.2) is 17.9 Å². The number of aliphatic carboxylic acids is 1. The van der Waals surface area contributed by atoms with Gasteiger partial charge in [0.05, 0.1) is 18.3 Å². The molecule has 4 aromatic rings. The van der Waals surface area contributed by atoms with Gasteiger partial charge in [0.15, 0.2) is 0 Å². The van der Waals surface area contributed by atoms with Crippen LogP contribution < -0.4 is 16.0 Å². The van der Waals surface area contributed by atoms with Crippen LogP contribution in [0, 0.1) is 20.8 Å². The molecule has 7 nitrogen and oxygen atoms in total. The molecule has 2 aromatic heterocycles. The van der Waals surface area contributed by atoms with E-state index in [0.29, 0.717) is 27.3 Å². The summed E-state index contributed by atoms with van der Waals surface area (Å²) < 4.78 is 11.2. The van der Waals surface area contributed by atoms with E-state index < -0.39 is 23.5 Å². The van der Waals surface area contributed by atoms with Gasteiger partial charge in [0.25, 0.3) is 0 Å². The van der Waals surface area contributed by atoms with E-state index in [1.165, 1.54) is 0 Å². The molecule has 0 unspecified atom stereocenters. The van der Waals surface area contributed by atoms with Gasteiger partial charge in [-0.25, -0.2) is 4.79 Å². The van der Waals surface area contributed by atoms with Crippen molar-refractivity contribution in [1.29, 1.82) is 0 Å². The van der Waals surface area contributed by atoms with Gasteiger partial charge in [-0.05, 0) is 68.5 Å². The number of hydrogen-bond acceptors (Lipinski definition) is 6. The van der Waals surface area contributed by atoms with Crippen molar-refractivity contribution in [3.8, 4) is 0 Å². The molecule has 0 saturated carbocycles. The molecule has 0 aliphatic heterocycles. The summed E-state index contributed by atoms with van der Waals surface area (Å²) in [6.07, 6.45) is 1.75. The molecule has 0 aliphatic carbocycles. The first-order valence-corrected chi connectivity index (χ1v) is 11.2. The van der Waals surface area contributed by atoms with Crippen LogP contribution in [-0.2, 0) is 22.4 Å². The van der Waals surface area contributed by atoms with E-state index in [9.17, 15) is 19.5 Å². The quantitative estimate of drug-likeness (QED) is 0.405. The molecule has 8 heteroatoms. The zero-order valence-electron chi connectivity index (χ0n) is 19.0. The maximum absolute atomic E-state index is 12.7. The predicted molar refractivity (Wildman–Crippen MR) is 127 cm³/mol. The lowest BCUT2D eigenvalue weighted by molar-refractivity contribution is -0.308. The molecular formula is C26H23ClNO6-. The number of carboxylic acids is 1. The highest BCUT2D eigenvalue weighted by Crippen LogP contribution is 2.32. The molecule has 0 saturated heterocycles. The van der Waals surface area contributed by atoms with E-state index in [0.717, 1.165) is 27.5 Å². The third kappa shape index (κ3) is 4.56. The summed E-state index contributed by atoms with van der Waals surface area (Å²) in [5.74, 6) is -1.89. The van der Waals surface area contributed by atoms with Gasteiger partial charge in [-0.2, -0.15) is 0 Å². The summed E-state index contributed by atoms with van der Waals surface area (Å²) >= 11 is 5.86. The first-order valence-electron chi connectivity index (χ1n) is 10.8. The minimum absolute atomic E-state index is 0.0573. The standard InChI is InChI=1S/C26H24ClNO6/c1-13-12-33-23-15(3)24-20(11-19(13)23)14(2)18(26(32)34-24)8-9-22(29)28-21(25(30)31)10-16-4-6-17(27)7-5-16/h4-7,11-12,21H,8-10H2,1-3H3,(H,28,29)(H,30,31)/p-1/t21-/m1/s1. The molecule has 1 amide bonds.